The first-order valence-electron chi connectivity index (χ1n) is 9.17. The van der Waals surface area contributed by atoms with Gasteiger partial charge in [-0.25, -0.2) is 4.68 Å². The first-order valence-corrected chi connectivity index (χ1v) is 9.17. The average molecular weight is 362 g/mol. The van der Waals surface area contributed by atoms with Crippen LogP contribution in [0.2, 0.25) is 0 Å². The predicted molar refractivity (Wildman–Crippen MR) is 109 cm³/mol. The lowest BCUT2D eigenvalue weighted by atomic mass is 10.2. The predicted octanol–water partition coefficient (Wildman–Crippen LogP) is 3.91. The van der Waals surface area contributed by atoms with Crippen LogP contribution in [0.15, 0.2) is 60.7 Å². The van der Waals surface area contributed by atoms with Gasteiger partial charge in [0.1, 0.15) is 0 Å². The third-order valence-corrected chi connectivity index (χ3v) is 4.60. The molecule has 0 N–H and O–H groups in total. The maximum atomic E-state index is 13.0. The van der Waals surface area contributed by atoms with Crippen molar-refractivity contribution in [3.63, 3.8) is 0 Å². The summed E-state index contributed by atoms with van der Waals surface area (Å²) < 4.78 is 1.81. The van der Waals surface area contributed by atoms with Crippen molar-refractivity contribution < 1.29 is 4.79 Å². The second-order valence-corrected chi connectivity index (χ2v) is 6.80. The standard InChI is InChI=1S/C22H26N4O/c1-5-25(16-18-11-13-19(14-12-18)24(3)4)22(27)21-15-17(2)26(23-21)20-9-7-6-8-10-20/h6-15H,5,16H2,1-4H3. The molecule has 0 saturated carbocycles. The van der Waals surface area contributed by atoms with E-state index in [0.29, 0.717) is 18.8 Å². The molecule has 0 aliphatic rings. The average Bonchev–Trinajstić information content (AvgIpc) is 3.08. The van der Waals surface area contributed by atoms with E-state index in [1.807, 2.05) is 73.9 Å². The summed E-state index contributed by atoms with van der Waals surface area (Å²) in [6, 6.07) is 20.0. The Labute approximate surface area is 160 Å². The van der Waals surface area contributed by atoms with Gasteiger partial charge >= 0.3 is 0 Å². The summed E-state index contributed by atoms with van der Waals surface area (Å²) >= 11 is 0. The van der Waals surface area contributed by atoms with Gasteiger partial charge in [0.2, 0.25) is 0 Å². The van der Waals surface area contributed by atoms with Crippen LogP contribution in [0, 0.1) is 6.92 Å². The number of carbonyl (C=O) groups excluding carboxylic acids is 1. The van der Waals surface area contributed by atoms with Crippen molar-refractivity contribution >= 4 is 11.6 Å². The Morgan fingerprint density at radius 1 is 1.04 bits per heavy atom. The maximum absolute atomic E-state index is 13.0. The van der Waals surface area contributed by atoms with Crippen LogP contribution < -0.4 is 4.90 Å². The molecule has 3 aromatic rings. The number of amides is 1. The van der Waals surface area contributed by atoms with Crippen LogP contribution in [0.25, 0.3) is 5.69 Å². The van der Waals surface area contributed by atoms with Gasteiger partial charge in [-0.1, -0.05) is 30.3 Å². The first-order chi connectivity index (χ1) is 13.0. The van der Waals surface area contributed by atoms with Gasteiger partial charge in [0, 0.05) is 38.6 Å². The van der Waals surface area contributed by atoms with Crippen molar-refractivity contribution in [2.24, 2.45) is 0 Å². The van der Waals surface area contributed by atoms with Crippen LogP contribution in [0.1, 0.15) is 28.7 Å². The highest BCUT2D eigenvalue weighted by atomic mass is 16.2. The molecule has 1 amide bonds. The number of anilines is 1. The van der Waals surface area contributed by atoms with Crippen LogP contribution in [-0.4, -0.2) is 41.2 Å². The molecule has 27 heavy (non-hydrogen) atoms. The highest BCUT2D eigenvalue weighted by Gasteiger charge is 2.19. The van der Waals surface area contributed by atoms with E-state index in [2.05, 4.69) is 34.3 Å². The zero-order valence-electron chi connectivity index (χ0n) is 16.4. The van der Waals surface area contributed by atoms with Crippen molar-refractivity contribution in [3.05, 3.63) is 77.6 Å². The second kappa shape index (κ2) is 8.08. The number of aryl methyl sites for hydroxylation is 1. The molecule has 0 radical (unpaired) electrons. The molecule has 0 aliphatic heterocycles. The second-order valence-electron chi connectivity index (χ2n) is 6.80. The van der Waals surface area contributed by atoms with E-state index in [0.717, 1.165) is 22.6 Å². The van der Waals surface area contributed by atoms with E-state index in [-0.39, 0.29) is 5.91 Å². The number of rotatable bonds is 6. The molecule has 5 nitrogen and oxygen atoms in total. The Balaban J connectivity index is 1.79. The SMILES string of the molecule is CCN(Cc1ccc(N(C)C)cc1)C(=O)c1cc(C)n(-c2ccccc2)n1. The molecule has 3 rings (SSSR count). The number of aromatic nitrogens is 2. The molecule has 0 saturated heterocycles. The number of carbonyl (C=O) groups is 1. The van der Waals surface area contributed by atoms with Gasteiger partial charge in [0.05, 0.1) is 5.69 Å². The van der Waals surface area contributed by atoms with Gasteiger partial charge in [-0.3, -0.25) is 4.79 Å². The smallest absolute Gasteiger partial charge is 0.274 e. The molecule has 0 bridgehead atoms. The Morgan fingerprint density at radius 2 is 1.70 bits per heavy atom. The molecule has 0 atom stereocenters. The molecule has 1 aromatic heterocycles. The largest absolute Gasteiger partial charge is 0.378 e. The fourth-order valence-electron chi connectivity index (χ4n) is 3.02. The Bertz CT molecular complexity index is 898. The summed E-state index contributed by atoms with van der Waals surface area (Å²) in [7, 11) is 4.03. The van der Waals surface area contributed by atoms with E-state index >= 15 is 0 Å². The summed E-state index contributed by atoms with van der Waals surface area (Å²) in [5.41, 5.74) is 4.62. The van der Waals surface area contributed by atoms with Gasteiger partial charge in [-0.05, 0) is 49.7 Å². The minimum atomic E-state index is -0.0491. The Kier molecular flexibility index (Phi) is 5.60. The minimum absolute atomic E-state index is 0.0491. The van der Waals surface area contributed by atoms with Crippen LogP contribution in [0.3, 0.4) is 0 Å². The molecule has 0 unspecified atom stereocenters. The molecule has 0 fully saturated rings. The van der Waals surface area contributed by atoms with Crippen molar-refractivity contribution in [2.75, 3.05) is 25.5 Å². The highest BCUT2D eigenvalue weighted by molar-refractivity contribution is 5.92. The van der Waals surface area contributed by atoms with E-state index < -0.39 is 0 Å². The molecular weight excluding hydrogens is 336 g/mol. The quantitative estimate of drug-likeness (QED) is 0.668. The lowest BCUT2D eigenvalue weighted by molar-refractivity contribution is 0.0746. The monoisotopic (exact) mass is 362 g/mol. The van der Waals surface area contributed by atoms with Crippen molar-refractivity contribution in [2.45, 2.75) is 20.4 Å². The van der Waals surface area contributed by atoms with Crippen LogP contribution >= 0.6 is 0 Å². The lowest BCUT2D eigenvalue weighted by Crippen LogP contribution is -2.30. The number of benzene rings is 2. The molecule has 2 aromatic carbocycles. The van der Waals surface area contributed by atoms with Crippen molar-refractivity contribution in [3.8, 4) is 5.69 Å². The Morgan fingerprint density at radius 3 is 2.30 bits per heavy atom. The summed E-state index contributed by atoms with van der Waals surface area (Å²) in [6.45, 7) is 5.16. The highest BCUT2D eigenvalue weighted by Crippen LogP contribution is 2.17. The lowest BCUT2D eigenvalue weighted by Gasteiger charge is -2.20. The molecular formula is C22H26N4O. The maximum Gasteiger partial charge on any atom is 0.274 e. The minimum Gasteiger partial charge on any atom is -0.378 e. The van der Waals surface area contributed by atoms with E-state index in [1.54, 1.807) is 0 Å². The van der Waals surface area contributed by atoms with Crippen molar-refractivity contribution in [1.29, 1.82) is 0 Å². The van der Waals surface area contributed by atoms with Gasteiger partial charge in [-0.2, -0.15) is 5.10 Å². The Hall–Kier alpha value is -3.08. The molecule has 1 heterocycles. The van der Waals surface area contributed by atoms with Crippen LogP contribution in [0.5, 0.6) is 0 Å². The van der Waals surface area contributed by atoms with Crippen LogP contribution in [0.4, 0.5) is 5.69 Å². The van der Waals surface area contributed by atoms with Gasteiger partial charge in [-0.15, -0.1) is 0 Å². The normalized spacial score (nSPS) is 10.7. The zero-order chi connectivity index (χ0) is 19.4. The number of hydrogen-bond donors (Lipinski definition) is 0. The summed E-state index contributed by atoms with van der Waals surface area (Å²) in [6.07, 6.45) is 0. The van der Waals surface area contributed by atoms with Gasteiger partial charge in [0.25, 0.3) is 5.91 Å². The first kappa shape index (κ1) is 18.7. The van der Waals surface area contributed by atoms with E-state index in [1.165, 1.54) is 0 Å². The fraction of sp³-hybridized carbons (Fsp3) is 0.273. The van der Waals surface area contributed by atoms with E-state index in [4.69, 9.17) is 0 Å². The topological polar surface area (TPSA) is 41.4 Å². The molecule has 140 valence electrons. The van der Waals surface area contributed by atoms with Gasteiger partial charge in [0.15, 0.2) is 5.69 Å². The number of para-hydroxylation sites is 1. The van der Waals surface area contributed by atoms with Gasteiger partial charge < -0.3 is 9.80 Å². The summed E-state index contributed by atoms with van der Waals surface area (Å²) in [5, 5.41) is 4.55. The summed E-state index contributed by atoms with van der Waals surface area (Å²) in [5.74, 6) is -0.0491. The number of hydrogen-bond acceptors (Lipinski definition) is 3. The number of nitrogens with zero attached hydrogens (tertiary/aromatic N) is 4. The molecule has 0 spiro atoms. The summed E-state index contributed by atoms with van der Waals surface area (Å²) in [4.78, 5) is 16.9. The van der Waals surface area contributed by atoms with Crippen LogP contribution in [-0.2, 0) is 6.54 Å². The van der Waals surface area contributed by atoms with Crippen molar-refractivity contribution in [1.82, 2.24) is 14.7 Å². The van der Waals surface area contributed by atoms with E-state index in [9.17, 15) is 4.79 Å². The zero-order valence-corrected chi connectivity index (χ0v) is 16.4. The molecule has 5 heteroatoms. The third kappa shape index (κ3) is 4.19. The molecule has 0 aliphatic carbocycles. The third-order valence-electron chi connectivity index (χ3n) is 4.60. The fourth-order valence-corrected chi connectivity index (χ4v) is 3.02.